The van der Waals surface area contributed by atoms with Crippen LogP contribution < -0.4 is 0 Å². The maximum atomic E-state index is 14.2. The molecule has 0 amide bonds. The van der Waals surface area contributed by atoms with Crippen molar-refractivity contribution in [3.8, 4) is 0 Å². The van der Waals surface area contributed by atoms with Crippen molar-refractivity contribution >= 4 is 39.5 Å². The van der Waals surface area contributed by atoms with Crippen LogP contribution in [0, 0.1) is 0 Å². The Morgan fingerprint density at radius 1 is 0.462 bits per heavy atom. The SMILES string of the molecule is CC[Si](CC)(CC)O[As](=O)(O[Si](CC)(CC)CC)O[Si](CC)(CC)CC. The summed E-state index contributed by atoms with van der Waals surface area (Å²) in [6, 6.07) is 8.71. The topological polar surface area (TPSA) is 44.8 Å². The summed E-state index contributed by atoms with van der Waals surface area (Å²) in [5.41, 5.74) is 0. The van der Waals surface area contributed by atoms with Crippen molar-refractivity contribution in [2.24, 2.45) is 0 Å². The van der Waals surface area contributed by atoms with Crippen molar-refractivity contribution < 1.29 is 14.0 Å². The van der Waals surface area contributed by atoms with E-state index in [1.165, 1.54) is 0 Å². The first-order valence-corrected chi connectivity index (χ1v) is 21.5. The fourth-order valence-corrected chi connectivity index (χ4v) is 29.5. The number of hydrogen-bond donors (Lipinski definition) is 0. The van der Waals surface area contributed by atoms with Gasteiger partial charge in [0.05, 0.1) is 0 Å². The summed E-state index contributed by atoms with van der Waals surface area (Å²) in [6.45, 7) is 19.6. The van der Waals surface area contributed by atoms with Crippen LogP contribution in [0.3, 0.4) is 0 Å². The standard InChI is InChI=1S/C18H45AsO4Si3/c1-10-24(11-2,12-3)21-19(20,22-25(13-4,14-5)15-6)23-26(16-7,17-8)18-9/h10-18H2,1-9H3. The second-order valence-corrected chi connectivity index (χ2v) is 26.8. The van der Waals surface area contributed by atoms with Crippen LogP contribution >= 0.6 is 0 Å². The Kier molecular flexibility index (Phi) is 12.2. The molecule has 0 fully saturated rings. The second kappa shape index (κ2) is 11.8. The monoisotopic (exact) mass is 484 g/mol. The van der Waals surface area contributed by atoms with Gasteiger partial charge in [-0.3, -0.25) is 0 Å². The van der Waals surface area contributed by atoms with Gasteiger partial charge in [-0.05, 0) is 0 Å². The molecule has 0 aromatic rings. The van der Waals surface area contributed by atoms with E-state index in [4.69, 9.17) is 10.2 Å². The van der Waals surface area contributed by atoms with Gasteiger partial charge in [-0.2, -0.15) is 0 Å². The molecule has 0 atom stereocenters. The van der Waals surface area contributed by atoms with Gasteiger partial charge < -0.3 is 0 Å². The Hall–Kier alpha value is 0.889. The van der Waals surface area contributed by atoms with Crippen LogP contribution in [0.25, 0.3) is 0 Å². The molecule has 0 radical (unpaired) electrons. The molecule has 4 nitrogen and oxygen atoms in total. The number of rotatable bonds is 15. The van der Waals surface area contributed by atoms with Gasteiger partial charge in [0.2, 0.25) is 0 Å². The molecule has 0 aliphatic carbocycles. The first kappa shape index (κ1) is 26.9. The van der Waals surface area contributed by atoms with Crippen LogP contribution in [0.5, 0.6) is 0 Å². The van der Waals surface area contributed by atoms with E-state index < -0.39 is 39.5 Å². The Morgan fingerprint density at radius 2 is 0.615 bits per heavy atom. The van der Waals surface area contributed by atoms with Crippen LogP contribution in [0.2, 0.25) is 54.4 Å². The molecule has 0 saturated heterocycles. The minimum absolute atomic E-state index is 0.968. The molecular formula is C18H45AsO4Si3. The van der Waals surface area contributed by atoms with Gasteiger partial charge >= 0.3 is 170 Å². The summed E-state index contributed by atoms with van der Waals surface area (Å²) in [4.78, 5) is 0. The second-order valence-electron chi connectivity index (χ2n) is 7.45. The van der Waals surface area contributed by atoms with E-state index in [2.05, 4.69) is 62.3 Å². The Labute approximate surface area is 169 Å². The van der Waals surface area contributed by atoms with Gasteiger partial charge in [-0.25, -0.2) is 0 Å². The van der Waals surface area contributed by atoms with Crippen molar-refractivity contribution in [1.82, 2.24) is 0 Å². The predicted molar refractivity (Wildman–Crippen MR) is 121 cm³/mol. The molecule has 0 bridgehead atoms. The van der Waals surface area contributed by atoms with Gasteiger partial charge in [0.25, 0.3) is 0 Å². The van der Waals surface area contributed by atoms with Crippen LogP contribution in [0.1, 0.15) is 62.3 Å². The van der Waals surface area contributed by atoms with E-state index in [9.17, 15) is 3.74 Å². The molecule has 0 aliphatic heterocycles. The molecule has 0 aromatic carbocycles. The molecule has 0 aromatic heterocycles. The maximum absolute atomic E-state index is 14.2. The molecule has 0 saturated carbocycles. The third-order valence-corrected chi connectivity index (χ3v) is 31.7. The van der Waals surface area contributed by atoms with Crippen molar-refractivity contribution in [3.05, 3.63) is 0 Å². The normalized spacial score (nSPS) is 14.0. The molecule has 0 N–H and O–H groups in total. The summed E-state index contributed by atoms with van der Waals surface area (Å²) >= 11 is -4.34. The van der Waals surface area contributed by atoms with E-state index >= 15 is 0 Å². The molecule has 0 spiro atoms. The fourth-order valence-electron chi connectivity index (χ4n) is 3.60. The van der Waals surface area contributed by atoms with Gasteiger partial charge in [-0.15, -0.1) is 0 Å². The van der Waals surface area contributed by atoms with Crippen LogP contribution in [-0.2, 0) is 14.0 Å². The Bertz CT molecular complexity index is 350. The van der Waals surface area contributed by atoms with Crippen LogP contribution in [0.15, 0.2) is 0 Å². The Morgan fingerprint density at radius 3 is 0.731 bits per heavy atom. The van der Waals surface area contributed by atoms with Gasteiger partial charge in [0.1, 0.15) is 0 Å². The molecule has 0 rings (SSSR count). The molecule has 158 valence electrons. The first-order chi connectivity index (χ1) is 12.2. The molecule has 0 heterocycles. The summed E-state index contributed by atoms with van der Waals surface area (Å²) in [6.07, 6.45) is 0. The van der Waals surface area contributed by atoms with Crippen molar-refractivity contribution in [2.45, 2.75) is 117 Å². The van der Waals surface area contributed by atoms with E-state index in [0.717, 1.165) is 54.4 Å². The quantitative estimate of drug-likeness (QED) is 0.237. The zero-order valence-corrected chi connectivity index (χ0v) is 23.8. The number of hydrogen-bond acceptors (Lipinski definition) is 4. The molecule has 26 heavy (non-hydrogen) atoms. The summed E-state index contributed by atoms with van der Waals surface area (Å²) < 4.78 is 33.9. The Balaban J connectivity index is 6.04. The summed E-state index contributed by atoms with van der Waals surface area (Å²) in [5.74, 6) is 0. The first-order valence-electron chi connectivity index (χ1n) is 10.9. The van der Waals surface area contributed by atoms with Gasteiger partial charge in [-0.1, -0.05) is 0 Å². The summed E-state index contributed by atoms with van der Waals surface area (Å²) in [7, 11) is -6.21. The van der Waals surface area contributed by atoms with Crippen LogP contribution in [-0.4, -0.2) is 39.5 Å². The van der Waals surface area contributed by atoms with Crippen LogP contribution in [0.4, 0.5) is 0 Å². The van der Waals surface area contributed by atoms with Crippen molar-refractivity contribution in [1.29, 1.82) is 0 Å². The third kappa shape index (κ3) is 6.75. The van der Waals surface area contributed by atoms with Gasteiger partial charge in [0.15, 0.2) is 0 Å². The third-order valence-electron chi connectivity index (χ3n) is 6.72. The fraction of sp³-hybridized carbons (Fsp3) is 1.00. The molecule has 8 heteroatoms. The van der Waals surface area contributed by atoms with Gasteiger partial charge in [0, 0.05) is 0 Å². The van der Waals surface area contributed by atoms with E-state index in [1.54, 1.807) is 0 Å². The zero-order valence-electron chi connectivity index (χ0n) is 18.9. The molecule has 0 aliphatic rings. The van der Waals surface area contributed by atoms with E-state index in [-0.39, 0.29) is 0 Å². The van der Waals surface area contributed by atoms with E-state index in [1.807, 2.05) is 0 Å². The minimum atomic E-state index is -4.34. The zero-order chi connectivity index (χ0) is 20.5. The molecule has 0 unspecified atom stereocenters. The van der Waals surface area contributed by atoms with Crippen molar-refractivity contribution in [3.63, 3.8) is 0 Å². The van der Waals surface area contributed by atoms with E-state index in [0.29, 0.717) is 0 Å². The predicted octanol–water partition coefficient (Wildman–Crippen LogP) is 6.92. The average molecular weight is 485 g/mol. The average Bonchev–Trinajstić information content (AvgIpc) is 2.69. The van der Waals surface area contributed by atoms with Crippen molar-refractivity contribution in [2.75, 3.05) is 0 Å². The molecular weight excluding hydrogens is 439 g/mol. The summed E-state index contributed by atoms with van der Waals surface area (Å²) in [5, 5.41) is 0.